The Kier molecular flexibility index (Phi) is 8.20. The first-order valence-electron chi connectivity index (χ1n) is 8.01. The van der Waals surface area contributed by atoms with Gasteiger partial charge >= 0.3 is 0 Å². The summed E-state index contributed by atoms with van der Waals surface area (Å²) in [5, 5.41) is 0. The molecule has 130 valence electrons. The van der Waals surface area contributed by atoms with Gasteiger partial charge < -0.3 is 20.1 Å². The Morgan fingerprint density at radius 1 is 1.39 bits per heavy atom. The molecule has 1 aromatic carbocycles. The zero-order chi connectivity index (χ0) is 15.9. The number of ether oxygens (including phenoxy) is 2. The van der Waals surface area contributed by atoms with Crippen LogP contribution in [0, 0.1) is 0 Å². The highest BCUT2D eigenvalue weighted by Gasteiger charge is 2.23. The van der Waals surface area contributed by atoms with Gasteiger partial charge in [0.25, 0.3) is 5.91 Å². The van der Waals surface area contributed by atoms with Gasteiger partial charge in [-0.05, 0) is 37.5 Å². The second-order valence-corrected chi connectivity index (χ2v) is 5.72. The van der Waals surface area contributed by atoms with Crippen molar-refractivity contribution >= 4 is 18.3 Å². The van der Waals surface area contributed by atoms with E-state index in [9.17, 15) is 4.79 Å². The van der Waals surface area contributed by atoms with Crippen molar-refractivity contribution in [2.24, 2.45) is 5.73 Å². The van der Waals surface area contributed by atoms with E-state index in [1.54, 1.807) is 19.2 Å². The minimum Gasteiger partial charge on any atom is -0.493 e. The summed E-state index contributed by atoms with van der Waals surface area (Å²) in [7, 11) is 1.59. The predicted molar refractivity (Wildman–Crippen MR) is 93.8 cm³/mol. The number of amides is 1. The van der Waals surface area contributed by atoms with Gasteiger partial charge in [0.1, 0.15) is 0 Å². The standard InChI is InChI=1S/C17H26N2O3.ClH/c1-3-4-10-22-15-8-7-13(11-16(15)21-2)17(20)19-9-5-6-14(18)12-19;/h7-8,11,14H,3-6,9-10,12,18H2,1-2H3;1H. The molecule has 0 aromatic heterocycles. The first kappa shape index (κ1) is 19.6. The molecule has 0 saturated carbocycles. The van der Waals surface area contributed by atoms with Crippen LogP contribution in [0.5, 0.6) is 11.5 Å². The molecule has 1 unspecified atom stereocenters. The smallest absolute Gasteiger partial charge is 0.254 e. The summed E-state index contributed by atoms with van der Waals surface area (Å²) in [6.45, 7) is 4.16. The number of rotatable bonds is 6. The SMILES string of the molecule is CCCCOc1ccc(C(=O)N2CCCC(N)C2)cc1OC.Cl. The van der Waals surface area contributed by atoms with Gasteiger partial charge in [0.05, 0.1) is 13.7 Å². The van der Waals surface area contributed by atoms with Gasteiger partial charge in [-0.25, -0.2) is 0 Å². The average Bonchev–Trinajstić information content (AvgIpc) is 2.54. The molecule has 2 N–H and O–H groups in total. The quantitative estimate of drug-likeness (QED) is 0.807. The third-order valence-electron chi connectivity index (χ3n) is 3.91. The second kappa shape index (κ2) is 9.63. The highest BCUT2D eigenvalue weighted by Crippen LogP contribution is 2.29. The first-order chi connectivity index (χ1) is 10.7. The summed E-state index contributed by atoms with van der Waals surface area (Å²) >= 11 is 0. The van der Waals surface area contributed by atoms with Crippen LogP contribution in [0.4, 0.5) is 0 Å². The molecule has 1 amide bonds. The van der Waals surface area contributed by atoms with Gasteiger partial charge in [0.15, 0.2) is 11.5 Å². The fourth-order valence-corrected chi connectivity index (χ4v) is 2.62. The maximum absolute atomic E-state index is 12.6. The maximum atomic E-state index is 12.6. The lowest BCUT2D eigenvalue weighted by Gasteiger charge is -2.31. The van der Waals surface area contributed by atoms with Gasteiger partial charge in [-0.2, -0.15) is 0 Å². The highest BCUT2D eigenvalue weighted by atomic mass is 35.5. The van der Waals surface area contributed by atoms with Gasteiger partial charge in [0.2, 0.25) is 0 Å². The molecule has 1 saturated heterocycles. The fraction of sp³-hybridized carbons (Fsp3) is 0.588. The number of piperidine rings is 1. The summed E-state index contributed by atoms with van der Waals surface area (Å²) in [5.74, 6) is 1.29. The molecule has 5 nitrogen and oxygen atoms in total. The Hall–Kier alpha value is -1.46. The molecule has 0 spiro atoms. The van der Waals surface area contributed by atoms with Crippen molar-refractivity contribution in [1.82, 2.24) is 4.90 Å². The zero-order valence-electron chi connectivity index (χ0n) is 13.9. The van der Waals surface area contributed by atoms with Crippen molar-refractivity contribution in [2.45, 2.75) is 38.6 Å². The molecule has 1 heterocycles. The van der Waals surface area contributed by atoms with Crippen molar-refractivity contribution in [2.75, 3.05) is 26.8 Å². The fourth-order valence-electron chi connectivity index (χ4n) is 2.62. The first-order valence-corrected chi connectivity index (χ1v) is 8.01. The van der Waals surface area contributed by atoms with Crippen molar-refractivity contribution < 1.29 is 14.3 Å². The summed E-state index contributed by atoms with van der Waals surface area (Å²) in [6, 6.07) is 5.44. The molecule has 6 heteroatoms. The predicted octanol–water partition coefficient (Wildman–Crippen LogP) is 2.86. The summed E-state index contributed by atoms with van der Waals surface area (Å²) in [5.41, 5.74) is 6.57. The Labute approximate surface area is 144 Å². The molecule has 1 aliphatic heterocycles. The number of carbonyl (C=O) groups excluding carboxylic acids is 1. The lowest BCUT2D eigenvalue weighted by atomic mass is 10.1. The third-order valence-corrected chi connectivity index (χ3v) is 3.91. The van der Waals surface area contributed by atoms with E-state index in [1.165, 1.54) is 0 Å². The number of likely N-dealkylation sites (tertiary alicyclic amines) is 1. The van der Waals surface area contributed by atoms with Crippen LogP contribution in [0.15, 0.2) is 18.2 Å². The van der Waals surface area contributed by atoms with Gasteiger partial charge in [-0.15, -0.1) is 12.4 Å². The van der Waals surface area contributed by atoms with E-state index in [4.69, 9.17) is 15.2 Å². The number of hydrogen-bond donors (Lipinski definition) is 1. The van der Waals surface area contributed by atoms with E-state index in [-0.39, 0.29) is 24.4 Å². The zero-order valence-corrected chi connectivity index (χ0v) is 14.7. The lowest BCUT2D eigenvalue weighted by molar-refractivity contribution is 0.0708. The highest BCUT2D eigenvalue weighted by molar-refractivity contribution is 5.95. The van der Waals surface area contributed by atoms with Crippen LogP contribution < -0.4 is 15.2 Å². The van der Waals surface area contributed by atoms with Gasteiger partial charge in [0, 0.05) is 24.7 Å². The van der Waals surface area contributed by atoms with Crippen LogP contribution in [-0.2, 0) is 0 Å². The minimum atomic E-state index is 0. The van der Waals surface area contributed by atoms with Crippen LogP contribution >= 0.6 is 12.4 Å². The molecule has 1 aliphatic rings. The van der Waals surface area contributed by atoms with E-state index >= 15 is 0 Å². The third kappa shape index (κ3) is 5.29. The molecule has 2 rings (SSSR count). The van der Waals surface area contributed by atoms with Crippen LogP contribution in [0.3, 0.4) is 0 Å². The molecule has 1 aromatic rings. The topological polar surface area (TPSA) is 64.8 Å². The number of hydrogen-bond acceptors (Lipinski definition) is 4. The number of halogens is 1. The van der Waals surface area contributed by atoms with E-state index in [0.29, 0.717) is 30.2 Å². The molecular weight excluding hydrogens is 316 g/mol. The Balaban J connectivity index is 0.00000264. The largest absolute Gasteiger partial charge is 0.493 e. The number of benzene rings is 1. The molecule has 23 heavy (non-hydrogen) atoms. The summed E-state index contributed by atoms with van der Waals surface area (Å²) < 4.78 is 11.1. The minimum absolute atomic E-state index is 0. The Morgan fingerprint density at radius 2 is 2.17 bits per heavy atom. The summed E-state index contributed by atoms with van der Waals surface area (Å²) in [4.78, 5) is 14.4. The number of unbranched alkanes of at least 4 members (excludes halogenated alkanes) is 1. The van der Waals surface area contributed by atoms with Crippen LogP contribution in [-0.4, -0.2) is 43.7 Å². The molecule has 1 fully saturated rings. The Bertz CT molecular complexity index is 511. The van der Waals surface area contributed by atoms with E-state index in [2.05, 4.69) is 6.92 Å². The molecule has 0 bridgehead atoms. The number of nitrogens with zero attached hydrogens (tertiary/aromatic N) is 1. The van der Waals surface area contributed by atoms with Crippen molar-refractivity contribution in [3.8, 4) is 11.5 Å². The van der Waals surface area contributed by atoms with E-state index in [1.807, 2.05) is 11.0 Å². The Morgan fingerprint density at radius 3 is 2.83 bits per heavy atom. The number of carbonyl (C=O) groups is 1. The van der Waals surface area contributed by atoms with Crippen molar-refractivity contribution in [3.63, 3.8) is 0 Å². The van der Waals surface area contributed by atoms with Gasteiger partial charge in [-0.3, -0.25) is 4.79 Å². The normalized spacial score (nSPS) is 17.3. The number of nitrogens with two attached hydrogens (primary N) is 1. The average molecular weight is 343 g/mol. The van der Waals surface area contributed by atoms with Crippen molar-refractivity contribution in [1.29, 1.82) is 0 Å². The van der Waals surface area contributed by atoms with Crippen molar-refractivity contribution in [3.05, 3.63) is 23.8 Å². The lowest BCUT2D eigenvalue weighted by Crippen LogP contribution is -2.45. The molecule has 1 atom stereocenters. The van der Waals surface area contributed by atoms with Crippen LogP contribution in [0.2, 0.25) is 0 Å². The second-order valence-electron chi connectivity index (χ2n) is 5.72. The molecule has 0 aliphatic carbocycles. The van der Waals surface area contributed by atoms with Gasteiger partial charge in [-0.1, -0.05) is 13.3 Å². The van der Waals surface area contributed by atoms with E-state index in [0.717, 1.165) is 32.2 Å². The monoisotopic (exact) mass is 342 g/mol. The summed E-state index contributed by atoms with van der Waals surface area (Å²) in [6.07, 6.45) is 4.02. The van der Waals surface area contributed by atoms with E-state index < -0.39 is 0 Å². The number of methoxy groups -OCH3 is 1. The van der Waals surface area contributed by atoms with Crippen LogP contribution in [0.1, 0.15) is 43.0 Å². The maximum Gasteiger partial charge on any atom is 0.254 e. The molecule has 0 radical (unpaired) electrons. The van der Waals surface area contributed by atoms with Crippen LogP contribution in [0.25, 0.3) is 0 Å². The molecular formula is C17H27ClN2O3.